The largest absolute Gasteiger partial charge is 0.484 e. The Morgan fingerprint density at radius 1 is 1.19 bits per heavy atom. The Morgan fingerprint density at radius 2 is 2.00 bits per heavy atom. The molecule has 4 nitrogen and oxygen atoms in total. The van der Waals surface area contributed by atoms with Crippen molar-refractivity contribution in [3.05, 3.63) is 53.8 Å². The van der Waals surface area contributed by atoms with Crippen molar-refractivity contribution in [1.82, 2.24) is 0 Å². The Kier molecular flexibility index (Phi) is 3.73. The van der Waals surface area contributed by atoms with Gasteiger partial charge < -0.3 is 15.8 Å². The Morgan fingerprint density at radius 3 is 2.81 bits per heavy atom. The van der Waals surface area contributed by atoms with Crippen LogP contribution in [0.4, 0.5) is 15.8 Å². The van der Waals surface area contributed by atoms with Crippen LogP contribution in [-0.2, 0) is 6.42 Å². The van der Waals surface area contributed by atoms with Gasteiger partial charge in [-0.15, -0.1) is 0 Å². The van der Waals surface area contributed by atoms with E-state index in [1.807, 2.05) is 12.1 Å². The number of ether oxygens (including phenoxy) is 1. The lowest BCUT2D eigenvalue weighted by Gasteiger charge is -2.21. The maximum absolute atomic E-state index is 12.8. The van der Waals surface area contributed by atoms with E-state index in [9.17, 15) is 4.39 Å². The SMILES string of the molecule is Nc1ccc2c(c1)NC(=NCCc1ccc(F)cc1)CO2. The summed E-state index contributed by atoms with van der Waals surface area (Å²) in [4.78, 5) is 4.48. The molecular weight excluding hydrogens is 269 g/mol. The highest BCUT2D eigenvalue weighted by atomic mass is 19.1. The molecule has 0 aromatic heterocycles. The molecule has 3 N–H and O–H groups in total. The molecule has 1 aliphatic rings. The summed E-state index contributed by atoms with van der Waals surface area (Å²) in [7, 11) is 0. The number of hydrogen-bond acceptors (Lipinski definition) is 3. The number of aliphatic imine (C=N–C) groups is 1. The van der Waals surface area contributed by atoms with Gasteiger partial charge in [-0.05, 0) is 42.3 Å². The molecular formula is C16H16FN3O. The first-order valence-corrected chi connectivity index (χ1v) is 6.78. The summed E-state index contributed by atoms with van der Waals surface area (Å²) < 4.78 is 18.4. The summed E-state index contributed by atoms with van der Waals surface area (Å²) in [5.74, 6) is 1.33. The van der Waals surface area contributed by atoms with Crippen LogP contribution in [0.2, 0.25) is 0 Å². The topological polar surface area (TPSA) is 59.6 Å². The van der Waals surface area contributed by atoms with Gasteiger partial charge in [-0.1, -0.05) is 12.1 Å². The number of nitrogens with one attached hydrogen (secondary N) is 1. The number of anilines is 2. The lowest BCUT2D eigenvalue weighted by Crippen LogP contribution is -2.26. The smallest absolute Gasteiger partial charge is 0.145 e. The number of halogens is 1. The molecule has 108 valence electrons. The van der Waals surface area contributed by atoms with E-state index in [0.29, 0.717) is 18.8 Å². The number of fused-ring (bicyclic) bond motifs is 1. The standard InChI is InChI=1S/C16H16FN3O/c17-12-3-1-11(2-4-12)7-8-19-16-10-21-15-6-5-13(18)9-14(15)20-16/h1-6,9H,7-8,10,18H2,(H,19,20). The lowest BCUT2D eigenvalue weighted by atomic mass is 10.1. The van der Waals surface area contributed by atoms with Crippen LogP contribution in [-0.4, -0.2) is 19.0 Å². The number of benzene rings is 2. The molecule has 0 atom stereocenters. The molecule has 1 heterocycles. The zero-order chi connectivity index (χ0) is 14.7. The van der Waals surface area contributed by atoms with E-state index < -0.39 is 0 Å². The van der Waals surface area contributed by atoms with E-state index in [-0.39, 0.29) is 5.82 Å². The van der Waals surface area contributed by atoms with E-state index in [1.165, 1.54) is 12.1 Å². The van der Waals surface area contributed by atoms with Gasteiger partial charge in [-0.25, -0.2) is 4.39 Å². The predicted octanol–water partition coefficient (Wildman–Crippen LogP) is 2.85. The van der Waals surface area contributed by atoms with Gasteiger partial charge in [0.05, 0.1) is 5.69 Å². The number of nitrogens with zero attached hydrogens (tertiary/aromatic N) is 1. The van der Waals surface area contributed by atoms with Gasteiger partial charge in [0.25, 0.3) is 0 Å². The van der Waals surface area contributed by atoms with E-state index in [4.69, 9.17) is 10.5 Å². The van der Waals surface area contributed by atoms with E-state index in [1.54, 1.807) is 18.2 Å². The molecule has 0 aliphatic carbocycles. The monoisotopic (exact) mass is 285 g/mol. The summed E-state index contributed by atoms with van der Waals surface area (Å²) in [6.07, 6.45) is 0.759. The zero-order valence-corrected chi connectivity index (χ0v) is 11.5. The molecule has 2 aromatic rings. The number of rotatable bonds is 3. The Labute approximate surface area is 122 Å². The van der Waals surface area contributed by atoms with Crippen molar-refractivity contribution in [2.24, 2.45) is 4.99 Å². The second-order valence-corrected chi connectivity index (χ2v) is 4.87. The number of nitrogen functional groups attached to an aromatic ring is 1. The molecule has 0 amide bonds. The molecule has 0 fully saturated rings. The van der Waals surface area contributed by atoms with Crippen molar-refractivity contribution in [2.45, 2.75) is 6.42 Å². The van der Waals surface area contributed by atoms with Crippen molar-refractivity contribution in [1.29, 1.82) is 0 Å². The van der Waals surface area contributed by atoms with Gasteiger partial charge in [0.15, 0.2) is 0 Å². The highest BCUT2D eigenvalue weighted by molar-refractivity contribution is 6.00. The van der Waals surface area contributed by atoms with Crippen molar-refractivity contribution in [3.8, 4) is 5.75 Å². The number of hydrogen-bond donors (Lipinski definition) is 2. The second-order valence-electron chi connectivity index (χ2n) is 4.87. The summed E-state index contributed by atoms with van der Waals surface area (Å²) in [5.41, 5.74) is 8.32. The molecule has 5 heteroatoms. The predicted molar refractivity (Wildman–Crippen MR) is 82.4 cm³/mol. The summed E-state index contributed by atoms with van der Waals surface area (Å²) >= 11 is 0. The van der Waals surface area contributed by atoms with Crippen LogP contribution in [0.15, 0.2) is 47.5 Å². The zero-order valence-electron chi connectivity index (χ0n) is 11.5. The minimum Gasteiger partial charge on any atom is -0.484 e. The summed E-state index contributed by atoms with van der Waals surface area (Å²) in [6, 6.07) is 11.9. The summed E-state index contributed by atoms with van der Waals surface area (Å²) in [5, 5.41) is 3.22. The molecule has 3 rings (SSSR count). The number of amidine groups is 1. The van der Waals surface area contributed by atoms with Crippen LogP contribution in [0.5, 0.6) is 5.75 Å². The van der Waals surface area contributed by atoms with Crippen LogP contribution in [0.25, 0.3) is 0 Å². The highest BCUT2D eigenvalue weighted by Crippen LogP contribution is 2.29. The van der Waals surface area contributed by atoms with Gasteiger partial charge in [-0.3, -0.25) is 4.99 Å². The third kappa shape index (κ3) is 3.31. The molecule has 0 radical (unpaired) electrons. The first kappa shape index (κ1) is 13.4. The molecule has 0 saturated heterocycles. The van der Waals surface area contributed by atoms with Crippen molar-refractivity contribution < 1.29 is 9.13 Å². The number of nitrogens with two attached hydrogens (primary N) is 1. The van der Waals surface area contributed by atoms with Crippen molar-refractivity contribution >= 4 is 17.2 Å². The first-order valence-electron chi connectivity index (χ1n) is 6.78. The minimum atomic E-state index is -0.221. The van der Waals surface area contributed by atoms with Gasteiger partial charge >= 0.3 is 0 Å². The maximum Gasteiger partial charge on any atom is 0.145 e. The Bertz CT molecular complexity index is 668. The van der Waals surface area contributed by atoms with E-state index in [2.05, 4.69) is 10.3 Å². The molecule has 1 aliphatic heterocycles. The van der Waals surface area contributed by atoms with Crippen molar-refractivity contribution in [3.63, 3.8) is 0 Å². The molecule has 0 unspecified atom stereocenters. The fourth-order valence-electron chi connectivity index (χ4n) is 2.16. The van der Waals surface area contributed by atoms with Gasteiger partial charge in [0.2, 0.25) is 0 Å². The Balaban J connectivity index is 1.61. The first-order chi connectivity index (χ1) is 10.2. The average molecular weight is 285 g/mol. The van der Waals surface area contributed by atoms with Crippen LogP contribution >= 0.6 is 0 Å². The molecule has 0 saturated carbocycles. The maximum atomic E-state index is 12.8. The third-order valence-electron chi connectivity index (χ3n) is 3.26. The Hall–Kier alpha value is -2.56. The second kappa shape index (κ2) is 5.83. The fraction of sp³-hybridized carbons (Fsp3) is 0.188. The fourth-order valence-corrected chi connectivity index (χ4v) is 2.16. The van der Waals surface area contributed by atoms with Crippen molar-refractivity contribution in [2.75, 3.05) is 24.2 Å². The third-order valence-corrected chi connectivity index (χ3v) is 3.26. The van der Waals surface area contributed by atoms with E-state index in [0.717, 1.165) is 29.3 Å². The molecule has 0 spiro atoms. The van der Waals surface area contributed by atoms with Gasteiger partial charge in [-0.2, -0.15) is 0 Å². The van der Waals surface area contributed by atoms with Gasteiger partial charge in [0, 0.05) is 12.2 Å². The normalized spacial score (nSPS) is 15.2. The highest BCUT2D eigenvalue weighted by Gasteiger charge is 2.14. The molecule has 21 heavy (non-hydrogen) atoms. The van der Waals surface area contributed by atoms with Gasteiger partial charge in [0.1, 0.15) is 24.0 Å². The van der Waals surface area contributed by atoms with Crippen LogP contribution in [0, 0.1) is 5.82 Å². The molecule has 0 bridgehead atoms. The van der Waals surface area contributed by atoms with Crippen LogP contribution in [0.3, 0.4) is 0 Å². The van der Waals surface area contributed by atoms with Crippen LogP contribution in [0.1, 0.15) is 5.56 Å². The minimum absolute atomic E-state index is 0.221. The quantitative estimate of drug-likeness (QED) is 0.852. The summed E-state index contributed by atoms with van der Waals surface area (Å²) in [6.45, 7) is 1.04. The molecule has 2 aromatic carbocycles. The average Bonchev–Trinajstić information content (AvgIpc) is 2.49. The van der Waals surface area contributed by atoms with Crippen LogP contribution < -0.4 is 15.8 Å². The lowest BCUT2D eigenvalue weighted by molar-refractivity contribution is 0.372. The van der Waals surface area contributed by atoms with E-state index >= 15 is 0 Å².